The van der Waals surface area contributed by atoms with Crippen LogP contribution in [0.5, 0.6) is 5.75 Å². The predicted octanol–water partition coefficient (Wildman–Crippen LogP) is 4.27. The lowest BCUT2D eigenvalue weighted by atomic mass is 10.1. The van der Waals surface area contributed by atoms with Gasteiger partial charge in [0.2, 0.25) is 0 Å². The lowest BCUT2D eigenvalue weighted by molar-refractivity contribution is -0.122. The minimum Gasteiger partial charge on any atom is -0.481 e. The predicted molar refractivity (Wildman–Crippen MR) is 104 cm³/mol. The maximum Gasteiger partial charge on any atom is 0.265 e. The van der Waals surface area contributed by atoms with E-state index in [0.29, 0.717) is 22.0 Å². The Kier molecular flexibility index (Phi) is 6.27. The summed E-state index contributed by atoms with van der Waals surface area (Å²) in [6, 6.07) is 13.5. The van der Waals surface area contributed by atoms with Gasteiger partial charge in [-0.2, -0.15) is 0 Å². The molecule has 138 valence electrons. The molecule has 0 aliphatic carbocycles. The fraction of sp³-hybridized carbons (Fsp3) is 0.300. The number of hydrogen-bond donors (Lipinski definition) is 2. The van der Waals surface area contributed by atoms with Crippen LogP contribution in [0, 0.1) is 0 Å². The van der Waals surface area contributed by atoms with Crippen LogP contribution < -0.4 is 15.4 Å². The van der Waals surface area contributed by atoms with E-state index >= 15 is 0 Å². The van der Waals surface area contributed by atoms with Gasteiger partial charge in [-0.3, -0.25) is 9.59 Å². The van der Waals surface area contributed by atoms with Crippen molar-refractivity contribution in [3.05, 3.63) is 59.1 Å². The van der Waals surface area contributed by atoms with Crippen LogP contribution in [0.2, 0.25) is 5.02 Å². The summed E-state index contributed by atoms with van der Waals surface area (Å²) in [5.41, 5.74) is 0.815. The maximum atomic E-state index is 12.2. The number of halogens is 1. The highest BCUT2D eigenvalue weighted by Gasteiger charge is 2.17. The topological polar surface area (TPSA) is 67.4 Å². The van der Waals surface area contributed by atoms with Crippen molar-refractivity contribution in [3.63, 3.8) is 0 Å². The standard InChI is InChI=1S/C20H23ClN2O3/c1-13(26-17-11-7-15(21)8-12-17)18(24)22-16-9-5-14(6-10-16)19(25)23-20(2,3)4/h5-13H,1-4H3,(H,22,24)(H,23,25). The zero-order valence-corrected chi connectivity index (χ0v) is 16.1. The molecular formula is C20H23ClN2O3. The van der Waals surface area contributed by atoms with Crippen LogP contribution in [-0.4, -0.2) is 23.5 Å². The van der Waals surface area contributed by atoms with Crippen LogP contribution in [0.15, 0.2) is 48.5 Å². The average molecular weight is 375 g/mol. The number of anilines is 1. The van der Waals surface area contributed by atoms with Crippen molar-refractivity contribution in [1.29, 1.82) is 0 Å². The Hall–Kier alpha value is -2.53. The fourth-order valence-corrected chi connectivity index (χ4v) is 2.26. The molecule has 0 saturated carbocycles. The van der Waals surface area contributed by atoms with E-state index in [1.54, 1.807) is 55.5 Å². The van der Waals surface area contributed by atoms with Gasteiger partial charge in [0.25, 0.3) is 11.8 Å². The van der Waals surface area contributed by atoms with Crippen LogP contribution in [0.4, 0.5) is 5.69 Å². The summed E-state index contributed by atoms with van der Waals surface area (Å²) in [7, 11) is 0. The molecule has 0 aliphatic heterocycles. The summed E-state index contributed by atoms with van der Waals surface area (Å²) in [4.78, 5) is 24.4. The number of amides is 2. The third-order valence-corrected chi connectivity index (χ3v) is 3.65. The van der Waals surface area contributed by atoms with Gasteiger partial charge >= 0.3 is 0 Å². The Labute approximate surface area is 158 Å². The number of nitrogens with one attached hydrogen (secondary N) is 2. The van der Waals surface area contributed by atoms with E-state index < -0.39 is 6.10 Å². The molecule has 2 N–H and O–H groups in total. The third kappa shape index (κ3) is 6.08. The van der Waals surface area contributed by atoms with Gasteiger partial charge in [0.1, 0.15) is 5.75 Å². The second kappa shape index (κ2) is 8.23. The van der Waals surface area contributed by atoms with E-state index in [0.717, 1.165) is 0 Å². The Morgan fingerprint density at radius 2 is 1.58 bits per heavy atom. The summed E-state index contributed by atoms with van der Waals surface area (Å²) in [5, 5.41) is 6.26. The van der Waals surface area contributed by atoms with E-state index in [2.05, 4.69) is 10.6 Å². The molecule has 0 saturated heterocycles. The quantitative estimate of drug-likeness (QED) is 0.821. The highest BCUT2D eigenvalue weighted by Crippen LogP contribution is 2.17. The minimum absolute atomic E-state index is 0.158. The van der Waals surface area contributed by atoms with Crippen molar-refractivity contribution >= 4 is 29.1 Å². The largest absolute Gasteiger partial charge is 0.481 e. The van der Waals surface area contributed by atoms with Crippen molar-refractivity contribution in [3.8, 4) is 5.75 Å². The van der Waals surface area contributed by atoms with Crippen LogP contribution in [0.1, 0.15) is 38.1 Å². The van der Waals surface area contributed by atoms with Gasteiger partial charge in [0, 0.05) is 21.8 Å². The molecule has 1 unspecified atom stereocenters. The number of hydrogen-bond acceptors (Lipinski definition) is 3. The lowest BCUT2D eigenvalue weighted by Gasteiger charge is -2.20. The van der Waals surface area contributed by atoms with Crippen molar-refractivity contribution in [2.45, 2.75) is 39.3 Å². The van der Waals surface area contributed by atoms with E-state index in [4.69, 9.17) is 16.3 Å². The molecule has 1 atom stereocenters. The SMILES string of the molecule is CC(Oc1ccc(Cl)cc1)C(=O)Nc1ccc(C(=O)NC(C)(C)C)cc1. The third-order valence-electron chi connectivity index (χ3n) is 3.40. The normalized spacial score (nSPS) is 12.2. The van der Waals surface area contributed by atoms with Crippen LogP contribution >= 0.6 is 11.6 Å². The molecule has 26 heavy (non-hydrogen) atoms. The van der Waals surface area contributed by atoms with Crippen molar-refractivity contribution in [2.24, 2.45) is 0 Å². The maximum absolute atomic E-state index is 12.2. The van der Waals surface area contributed by atoms with Crippen LogP contribution in [-0.2, 0) is 4.79 Å². The first-order chi connectivity index (χ1) is 12.1. The van der Waals surface area contributed by atoms with Gasteiger partial charge in [0.15, 0.2) is 6.10 Å². The summed E-state index contributed by atoms with van der Waals surface area (Å²) >= 11 is 5.83. The van der Waals surface area contributed by atoms with Gasteiger partial charge in [-0.15, -0.1) is 0 Å². The first-order valence-corrected chi connectivity index (χ1v) is 8.67. The molecule has 2 rings (SSSR count). The monoisotopic (exact) mass is 374 g/mol. The highest BCUT2D eigenvalue weighted by molar-refractivity contribution is 6.30. The Morgan fingerprint density at radius 1 is 1.00 bits per heavy atom. The van der Waals surface area contributed by atoms with Crippen molar-refractivity contribution in [1.82, 2.24) is 5.32 Å². The molecule has 0 spiro atoms. The molecule has 2 aromatic rings. The summed E-state index contributed by atoms with van der Waals surface area (Å²) < 4.78 is 5.59. The Bertz CT molecular complexity index is 765. The van der Waals surface area contributed by atoms with Crippen LogP contribution in [0.25, 0.3) is 0 Å². The smallest absolute Gasteiger partial charge is 0.265 e. The number of ether oxygens (including phenoxy) is 1. The van der Waals surface area contributed by atoms with Crippen LogP contribution in [0.3, 0.4) is 0 Å². The van der Waals surface area contributed by atoms with Gasteiger partial charge in [-0.25, -0.2) is 0 Å². The van der Waals surface area contributed by atoms with E-state index in [1.165, 1.54) is 0 Å². The molecule has 2 amide bonds. The molecule has 5 nitrogen and oxygen atoms in total. The first kappa shape index (κ1) is 19.8. The molecule has 0 heterocycles. The summed E-state index contributed by atoms with van der Waals surface area (Å²) in [6.07, 6.45) is -0.681. The summed E-state index contributed by atoms with van der Waals surface area (Å²) in [6.45, 7) is 7.42. The molecule has 0 fully saturated rings. The molecule has 0 aliphatic rings. The molecule has 0 aromatic heterocycles. The zero-order chi connectivity index (χ0) is 19.3. The van der Waals surface area contributed by atoms with E-state index in [1.807, 2.05) is 20.8 Å². The first-order valence-electron chi connectivity index (χ1n) is 8.30. The Morgan fingerprint density at radius 3 is 2.12 bits per heavy atom. The number of carbonyl (C=O) groups is 2. The second-order valence-corrected chi connectivity index (χ2v) is 7.42. The van der Waals surface area contributed by atoms with Crippen molar-refractivity contribution < 1.29 is 14.3 Å². The van der Waals surface area contributed by atoms with Crippen molar-refractivity contribution in [2.75, 3.05) is 5.32 Å². The molecular weight excluding hydrogens is 352 g/mol. The molecule has 0 radical (unpaired) electrons. The second-order valence-electron chi connectivity index (χ2n) is 6.98. The number of rotatable bonds is 5. The van der Waals surface area contributed by atoms with Gasteiger partial charge in [-0.1, -0.05) is 11.6 Å². The molecule has 2 aromatic carbocycles. The van der Waals surface area contributed by atoms with Gasteiger partial charge in [-0.05, 0) is 76.2 Å². The van der Waals surface area contributed by atoms with E-state index in [9.17, 15) is 9.59 Å². The van der Waals surface area contributed by atoms with Gasteiger partial charge < -0.3 is 15.4 Å². The van der Waals surface area contributed by atoms with Gasteiger partial charge in [0.05, 0.1) is 0 Å². The molecule has 0 bridgehead atoms. The zero-order valence-electron chi connectivity index (χ0n) is 15.3. The fourth-order valence-electron chi connectivity index (χ4n) is 2.13. The lowest BCUT2D eigenvalue weighted by Crippen LogP contribution is -2.40. The summed E-state index contributed by atoms with van der Waals surface area (Å²) in [5.74, 6) is 0.118. The minimum atomic E-state index is -0.681. The van der Waals surface area contributed by atoms with E-state index in [-0.39, 0.29) is 17.4 Å². The molecule has 6 heteroatoms. The average Bonchev–Trinajstić information content (AvgIpc) is 2.56. The number of carbonyl (C=O) groups excluding carboxylic acids is 2. The Balaban J connectivity index is 1.94. The number of benzene rings is 2. The highest BCUT2D eigenvalue weighted by atomic mass is 35.5.